The Morgan fingerprint density at radius 2 is 1.65 bits per heavy atom. The zero-order chi connectivity index (χ0) is 18.5. The Hall–Kier alpha value is -2.41. The van der Waals surface area contributed by atoms with Crippen LogP contribution in [0.2, 0.25) is 0 Å². The third-order valence-electron chi connectivity index (χ3n) is 5.22. The molecular formula is C19H26N4O3. The van der Waals surface area contributed by atoms with E-state index in [9.17, 15) is 14.4 Å². The first-order valence-corrected chi connectivity index (χ1v) is 9.18. The molecular weight excluding hydrogens is 332 g/mol. The van der Waals surface area contributed by atoms with Gasteiger partial charge in [-0.25, -0.2) is 0 Å². The summed E-state index contributed by atoms with van der Waals surface area (Å²) in [5.74, 6) is -0.473. The predicted octanol–water partition coefficient (Wildman–Crippen LogP) is 0.168. The van der Waals surface area contributed by atoms with E-state index in [4.69, 9.17) is 5.73 Å². The van der Waals surface area contributed by atoms with E-state index in [1.807, 2.05) is 35.2 Å². The number of piperazine rings is 1. The van der Waals surface area contributed by atoms with E-state index in [1.54, 1.807) is 4.90 Å². The number of carbonyl (C=O) groups is 3. The number of benzene rings is 1. The number of carbonyl (C=O) groups excluding carboxylic acids is 3. The summed E-state index contributed by atoms with van der Waals surface area (Å²) in [6.07, 6.45) is 1.58. The first-order valence-electron chi connectivity index (χ1n) is 9.18. The number of likely N-dealkylation sites (tertiary alicyclic amines) is 1. The maximum Gasteiger partial charge on any atom is 0.253 e. The normalized spacial score (nSPS) is 21.5. The van der Waals surface area contributed by atoms with Crippen LogP contribution < -0.4 is 5.73 Å². The molecule has 3 rings (SSSR count). The van der Waals surface area contributed by atoms with Gasteiger partial charge in [-0.15, -0.1) is 0 Å². The number of nitrogens with zero attached hydrogens (tertiary/aromatic N) is 3. The molecule has 1 aromatic carbocycles. The van der Waals surface area contributed by atoms with Gasteiger partial charge in [-0.05, 0) is 25.0 Å². The molecule has 3 amide bonds. The highest BCUT2D eigenvalue weighted by Crippen LogP contribution is 2.16. The average Bonchev–Trinajstić information content (AvgIpc) is 2.68. The highest BCUT2D eigenvalue weighted by atomic mass is 16.2. The van der Waals surface area contributed by atoms with Crippen molar-refractivity contribution in [2.24, 2.45) is 11.7 Å². The first-order chi connectivity index (χ1) is 12.5. The van der Waals surface area contributed by atoms with Crippen molar-refractivity contribution in [1.82, 2.24) is 14.7 Å². The van der Waals surface area contributed by atoms with Crippen molar-refractivity contribution in [3.63, 3.8) is 0 Å². The van der Waals surface area contributed by atoms with Gasteiger partial charge in [0, 0.05) is 44.8 Å². The molecule has 140 valence electrons. The van der Waals surface area contributed by atoms with Gasteiger partial charge < -0.3 is 15.5 Å². The molecule has 1 unspecified atom stereocenters. The van der Waals surface area contributed by atoms with E-state index in [0.717, 1.165) is 12.8 Å². The van der Waals surface area contributed by atoms with Crippen LogP contribution in [-0.2, 0) is 9.59 Å². The largest absolute Gasteiger partial charge is 0.369 e. The molecule has 26 heavy (non-hydrogen) atoms. The zero-order valence-corrected chi connectivity index (χ0v) is 15.0. The van der Waals surface area contributed by atoms with Gasteiger partial charge in [0.15, 0.2) is 0 Å². The monoisotopic (exact) mass is 358 g/mol. The zero-order valence-electron chi connectivity index (χ0n) is 15.0. The van der Waals surface area contributed by atoms with Crippen LogP contribution >= 0.6 is 0 Å². The second-order valence-corrected chi connectivity index (χ2v) is 7.02. The minimum absolute atomic E-state index is 0.0388. The van der Waals surface area contributed by atoms with E-state index in [1.165, 1.54) is 0 Å². The van der Waals surface area contributed by atoms with Crippen molar-refractivity contribution in [3.8, 4) is 0 Å². The van der Waals surface area contributed by atoms with Crippen LogP contribution in [0, 0.1) is 5.92 Å². The SMILES string of the molecule is NC(=O)C1CCCN(C(=O)CN2CCN(C(=O)c3ccccc3)CC2)C1. The van der Waals surface area contributed by atoms with Gasteiger partial charge in [-0.3, -0.25) is 19.3 Å². The number of rotatable bonds is 4. The summed E-state index contributed by atoms with van der Waals surface area (Å²) < 4.78 is 0. The van der Waals surface area contributed by atoms with Crippen molar-refractivity contribution in [2.75, 3.05) is 45.8 Å². The van der Waals surface area contributed by atoms with Crippen molar-refractivity contribution in [2.45, 2.75) is 12.8 Å². The Bertz CT molecular complexity index is 656. The maximum atomic E-state index is 12.5. The van der Waals surface area contributed by atoms with Crippen molar-refractivity contribution in [1.29, 1.82) is 0 Å². The highest BCUT2D eigenvalue weighted by molar-refractivity contribution is 5.94. The second-order valence-electron chi connectivity index (χ2n) is 7.02. The molecule has 0 aliphatic carbocycles. The summed E-state index contributed by atoms with van der Waals surface area (Å²) in [7, 11) is 0. The quantitative estimate of drug-likeness (QED) is 0.831. The number of primary amides is 1. The third kappa shape index (κ3) is 4.40. The molecule has 2 N–H and O–H groups in total. The molecule has 7 nitrogen and oxygen atoms in total. The summed E-state index contributed by atoms with van der Waals surface area (Å²) in [6, 6.07) is 9.26. The lowest BCUT2D eigenvalue weighted by Crippen LogP contribution is -2.53. The van der Waals surface area contributed by atoms with Gasteiger partial charge in [-0.2, -0.15) is 0 Å². The lowest BCUT2D eigenvalue weighted by molar-refractivity contribution is -0.136. The molecule has 0 saturated carbocycles. The van der Waals surface area contributed by atoms with E-state index in [-0.39, 0.29) is 23.6 Å². The van der Waals surface area contributed by atoms with Crippen LogP contribution in [0.15, 0.2) is 30.3 Å². The molecule has 2 saturated heterocycles. The Kier molecular flexibility index (Phi) is 5.88. The molecule has 1 atom stereocenters. The molecule has 0 spiro atoms. The number of amides is 3. The molecule has 2 aliphatic rings. The minimum atomic E-state index is -0.324. The molecule has 2 heterocycles. The Balaban J connectivity index is 1.47. The molecule has 2 aliphatic heterocycles. The van der Waals surface area contributed by atoms with Gasteiger partial charge in [0.1, 0.15) is 0 Å². The number of piperidine rings is 1. The van der Waals surface area contributed by atoms with Crippen LogP contribution in [0.3, 0.4) is 0 Å². The Labute approximate surface area is 153 Å². The second kappa shape index (κ2) is 8.31. The fourth-order valence-corrected chi connectivity index (χ4v) is 3.60. The van der Waals surface area contributed by atoms with Gasteiger partial charge in [0.25, 0.3) is 5.91 Å². The molecule has 0 bridgehead atoms. The Morgan fingerprint density at radius 1 is 0.962 bits per heavy atom. The van der Waals surface area contributed by atoms with Crippen molar-refractivity contribution in [3.05, 3.63) is 35.9 Å². The van der Waals surface area contributed by atoms with E-state index in [2.05, 4.69) is 4.90 Å². The van der Waals surface area contributed by atoms with E-state index < -0.39 is 0 Å². The third-order valence-corrected chi connectivity index (χ3v) is 5.22. The summed E-state index contributed by atoms with van der Waals surface area (Å²) in [5, 5.41) is 0. The predicted molar refractivity (Wildman–Crippen MR) is 97.3 cm³/mol. The van der Waals surface area contributed by atoms with Crippen molar-refractivity contribution >= 4 is 17.7 Å². The highest BCUT2D eigenvalue weighted by Gasteiger charge is 2.29. The lowest BCUT2D eigenvalue weighted by Gasteiger charge is -2.37. The average molecular weight is 358 g/mol. The number of hydrogen-bond donors (Lipinski definition) is 1. The van der Waals surface area contributed by atoms with E-state index in [0.29, 0.717) is 51.4 Å². The fourth-order valence-electron chi connectivity index (χ4n) is 3.60. The fraction of sp³-hybridized carbons (Fsp3) is 0.526. The summed E-state index contributed by atoms with van der Waals surface area (Å²) in [4.78, 5) is 42.0. The van der Waals surface area contributed by atoms with Gasteiger partial charge >= 0.3 is 0 Å². The molecule has 0 radical (unpaired) electrons. The summed E-state index contributed by atoms with van der Waals surface area (Å²) in [5.41, 5.74) is 6.08. The number of nitrogens with two attached hydrogens (primary N) is 1. The maximum absolute atomic E-state index is 12.5. The standard InChI is InChI=1S/C19H26N4O3/c20-18(25)16-7-4-8-23(13-16)17(24)14-21-9-11-22(12-10-21)19(26)15-5-2-1-3-6-15/h1-3,5-6,16H,4,7-14H2,(H2,20,25). The molecule has 2 fully saturated rings. The van der Waals surface area contributed by atoms with Gasteiger partial charge in [0.05, 0.1) is 12.5 Å². The molecule has 1 aromatic rings. The van der Waals surface area contributed by atoms with Gasteiger partial charge in [-0.1, -0.05) is 18.2 Å². The van der Waals surface area contributed by atoms with Crippen LogP contribution in [0.5, 0.6) is 0 Å². The molecule has 0 aromatic heterocycles. The smallest absolute Gasteiger partial charge is 0.253 e. The van der Waals surface area contributed by atoms with Crippen LogP contribution in [0.4, 0.5) is 0 Å². The Morgan fingerprint density at radius 3 is 2.31 bits per heavy atom. The van der Waals surface area contributed by atoms with Crippen LogP contribution in [-0.4, -0.2) is 78.2 Å². The van der Waals surface area contributed by atoms with E-state index >= 15 is 0 Å². The first kappa shape index (κ1) is 18.4. The topological polar surface area (TPSA) is 86.9 Å². The summed E-state index contributed by atoms with van der Waals surface area (Å²) >= 11 is 0. The van der Waals surface area contributed by atoms with Crippen LogP contribution in [0.1, 0.15) is 23.2 Å². The molecule has 7 heteroatoms. The number of hydrogen-bond acceptors (Lipinski definition) is 4. The van der Waals surface area contributed by atoms with Gasteiger partial charge in [0.2, 0.25) is 11.8 Å². The van der Waals surface area contributed by atoms with Crippen LogP contribution in [0.25, 0.3) is 0 Å². The lowest BCUT2D eigenvalue weighted by atomic mass is 9.97. The van der Waals surface area contributed by atoms with Crippen molar-refractivity contribution < 1.29 is 14.4 Å². The minimum Gasteiger partial charge on any atom is -0.369 e. The summed E-state index contributed by atoms with van der Waals surface area (Å²) in [6.45, 7) is 4.04.